The Kier molecular flexibility index (Phi) is 3.67. The summed E-state index contributed by atoms with van der Waals surface area (Å²) in [4.78, 5) is 17.1. The van der Waals surface area contributed by atoms with Gasteiger partial charge in [0.05, 0.1) is 10.9 Å². The van der Waals surface area contributed by atoms with Crippen molar-refractivity contribution in [2.75, 3.05) is 5.32 Å². The third kappa shape index (κ3) is 2.51. The van der Waals surface area contributed by atoms with E-state index in [4.69, 9.17) is 16.3 Å². The van der Waals surface area contributed by atoms with Crippen molar-refractivity contribution in [1.29, 1.82) is 0 Å². The van der Waals surface area contributed by atoms with Gasteiger partial charge in [-0.25, -0.2) is 4.98 Å². The number of carbonyl (C=O) groups is 1. The van der Waals surface area contributed by atoms with E-state index >= 15 is 0 Å². The van der Waals surface area contributed by atoms with Gasteiger partial charge in [-0.2, -0.15) is 0 Å². The Balaban J connectivity index is 1.77. The molecule has 2 aromatic carbocycles. The third-order valence-electron chi connectivity index (χ3n) is 3.94. The highest BCUT2D eigenvalue weighted by Gasteiger charge is 2.32. The zero-order valence-corrected chi connectivity index (χ0v) is 13.3. The first-order valence-corrected chi connectivity index (χ1v) is 7.89. The van der Waals surface area contributed by atoms with Gasteiger partial charge in [0, 0.05) is 17.3 Å². The second kappa shape index (κ2) is 5.98. The summed E-state index contributed by atoms with van der Waals surface area (Å²) in [5.41, 5.74) is 1.64. The van der Waals surface area contributed by atoms with Crippen molar-refractivity contribution in [3.8, 4) is 11.5 Å². The fourth-order valence-corrected chi connectivity index (χ4v) is 3.03. The number of fused-ring (bicyclic) bond motifs is 2. The average Bonchev–Trinajstić information content (AvgIpc) is 2.61. The molecule has 1 aromatic heterocycles. The SMILES string of the molecule is O=C(Nc1ncccc1Cl)C1c2ccccc2Oc2ccccc21. The van der Waals surface area contributed by atoms with Crippen LogP contribution >= 0.6 is 11.6 Å². The Labute approximate surface area is 144 Å². The molecular formula is C19H13ClN2O2. The van der Waals surface area contributed by atoms with Crippen LogP contribution in [0.2, 0.25) is 5.02 Å². The minimum Gasteiger partial charge on any atom is -0.457 e. The quantitative estimate of drug-likeness (QED) is 0.743. The molecule has 0 spiro atoms. The summed E-state index contributed by atoms with van der Waals surface area (Å²) in [5.74, 6) is 1.04. The topological polar surface area (TPSA) is 51.2 Å². The van der Waals surface area contributed by atoms with E-state index in [0.717, 1.165) is 11.1 Å². The van der Waals surface area contributed by atoms with E-state index in [2.05, 4.69) is 10.3 Å². The maximum absolute atomic E-state index is 13.0. The molecule has 0 unspecified atom stereocenters. The van der Waals surface area contributed by atoms with Gasteiger partial charge >= 0.3 is 0 Å². The summed E-state index contributed by atoms with van der Waals surface area (Å²) in [6.45, 7) is 0. The highest BCUT2D eigenvalue weighted by Crippen LogP contribution is 2.44. The monoisotopic (exact) mass is 336 g/mol. The molecule has 1 N–H and O–H groups in total. The molecule has 4 rings (SSSR count). The lowest BCUT2D eigenvalue weighted by atomic mass is 9.87. The second-order valence-corrected chi connectivity index (χ2v) is 5.84. The van der Waals surface area contributed by atoms with E-state index in [1.807, 2.05) is 48.5 Å². The van der Waals surface area contributed by atoms with Crippen molar-refractivity contribution < 1.29 is 9.53 Å². The Morgan fingerprint density at radius 3 is 2.21 bits per heavy atom. The Morgan fingerprint density at radius 2 is 1.58 bits per heavy atom. The van der Waals surface area contributed by atoms with Gasteiger partial charge in [0.25, 0.3) is 0 Å². The standard InChI is InChI=1S/C19H13ClN2O2/c20-14-8-5-11-21-18(14)22-19(23)17-12-6-1-3-9-15(12)24-16-10-4-2-7-13(16)17/h1-11,17H,(H,21,22,23). The van der Waals surface area contributed by atoms with Crippen LogP contribution < -0.4 is 10.1 Å². The predicted octanol–water partition coefficient (Wildman–Crippen LogP) is 4.61. The third-order valence-corrected chi connectivity index (χ3v) is 4.25. The van der Waals surface area contributed by atoms with Crippen molar-refractivity contribution in [3.63, 3.8) is 0 Å². The van der Waals surface area contributed by atoms with Crippen molar-refractivity contribution in [3.05, 3.63) is 83.0 Å². The average molecular weight is 337 g/mol. The highest BCUT2D eigenvalue weighted by molar-refractivity contribution is 6.33. The number of amides is 1. The summed E-state index contributed by atoms with van der Waals surface area (Å²) in [7, 11) is 0. The minimum atomic E-state index is -0.482. The molecule has 3 aromatic rings. The molecule has 1 amide bonds. The van der Waals surface area contributed by atoms with Crippen LogP contribution in [0.25, 0.3) is 0 Å². The Bertz CT molecular complexity index is 881. The number of aromatic nitrogens is 1. The number of benzene rings is 2. The van der Waals surface area contributed by atoms with E-state index in [1.165, 1.54) is 0 Å². The molecule has 0 aliphatic carbocycles. The van der Waals surface area contributed by atoms with Crippen LogP contribution in [0, 0.1) is 0 Å². The fourth-order valence-electron chi connectivity index (χ4n) is 2.86. The molecule has 0 atom stereocenters. The maximum atomic E-state index is 13.0. The molecule has 2 heterocycles. The first-order chi connectivity index (χ1) is 11.7. The molecule has 0 saturated carbocycles. The highest BCUT2D eigenvalue weighted by atomic mass is 35.5. The van der Waals surface area contributed by atoms with E-state index in [9.17, 15) is 4.79 Å². The number of ether oxygens (including phenoxy) is 1. The lowest BCUT2D eigenvalue weighted by Gasteiger charge is -2.27. The molecule has 0 radical (unpaired) electrons. The molecule has 1 aliphatic rings. The molecule has 0 fully saturated rings. The second-order valence-electron chi connectivity index (χ2n) is 5.43. The molecule has 118 valence electrons. The van der Waals surface area contributed by atoms with Crippen LogP contribution in [0.1, 0.15) is 17.0 Å². The van der Waals surface area contributed by atoms with Crippen LogP contribution in [-0.2, 0) is 4.79 Å². The summed E-state index contributed by atoms with van der Waals surface area (Å²) in [6.07, 6.45) is 1.59. The van der Waals surface area contributed by atoms with E-state index < -0.39 is 5.92 Å². The van der Waals surface area contributed by atoms with Gasteiger partial charge in [-0.3, -0.25) is 4.79 Å². The van der Waals surface area contributed by atoms with Gasteiger partial charge in [-0.05, 0) is 24.3 Å². The Hall–Kier alpha value is -2.85. The summed E-state index contributed by atoms with van der Waals surface area (Å²) in [6, 6.07) is 18.5. The summed E-state index contributed by atoms with van der Waals surface area (Å²) < 4.78 is 5.91. The summed E-state index contributed by atoms with van der Waals surface area (Å²) in [5, 5.41) is 3.23. The van der Waals surface area contributed by atoms with Gasteiger partial charge in [0.15, 0.2) is 5.82 Å². The van der Waals surface area contributed by atoms with Gasteiger partial charge in [-0.1, -0.05) is 48.0 Å². The van der Waals surface area contributed by atoms with E-state index in [-0.39, 0.29) is 5.91 Å². The number of hydrogen-bond acceptors (Lipinski definition) is 3. The van der Waals surface area contributed by atoms with Crippen LogP contribution in [0.15, 0.2) is 66.9 Å². The zero-order chi connectivity index (χ0) is 16.5. The van der Waals surface area contributed by atoms with E-state index in [1.54, 1.807) is 18.3 Å². The number of hydrogen-bond donors (Lipinski definition) is 1. The van der Waals surface area contributed by atoms with Crippen molar-refractivity contribution in [2.24, 2.45) is 0 Å². The number of rotatable bonds is 2. The van der Waals surface area contributed by atoms with Crippen molar-refractivity contribution in [2.45, 2.75) is 5.92 Å². The molecule has 1 aliphatic heterocycles. The van der Waals surface area contributed by atoms with Gasteiger partial charge in [0.2, 0.25) is 5.91 Å². The van der Waals surface area contributed by atoms with E-state index in [0.29, 0.717) is 22.3 Å². The minimum absolute atomic E-state index is 0.196. The molecular weight excluding hydrogens is 324 g/mol. The van der Waals surface area contributed by atoms with Crippen LogP contribution in [-0.4, -0.2) is 10.9 Å². The van der Waals surface area contributed by atoms with Crippen LogP contribution in [0.4, 0.5) is 5.82 Å². The van der Waals surface area contributed by atoms with Gasteiger partial charge < -0.3 is 10.1 Å². The number of carbonyl (C=O) groups excluding carboxylic acids is 1. The molecule has 0 bridgehead atoms. The zero-order valence-electron chi connectivity index (χ0n) is 12.6. The number of nitrogens with zero attached hydrogens (tertiary/aromatic N) is 1. The molecule has 5 heteroatoms. The first-order valence-electron chi connectivity index (χ1n) is 7.51. The molecule has 0 saturated heterocycles. The maximum Gasteiger partial charge on any atom is 0.237 e. The number of anilines is 1. The predicted molar refractivity (Wildman–Crippen MR) is 92.7 cm³/mol. The fraction of sp³-hybridized carbons (Fsp3) is 0.0526. The number of nitrogens with one attached hydrogen (secondary N) is 1. The summed E-state index contributed by atoms with van der Waals surface area (Å²) >= 11 is 6.11. The van der Waals surface area contributed by atoms with Gasteiger partial charge in [-0.15, -0.1) is 0 Å². The largest absolute Gasteiger partial charge is 0.457 e. The lowest BCUT2D eigenvalue weighted by molar-refractivity contribution is -0.116. The smallest absolute Gasteiger partial charge is 0.237 e. The van der Waals surface area contributed by atoms with Gasteiger partial charge in [0.1, 0.15) is 11.5 Å². The molecule has 24 heavy (non-hydrogen) atoms. The first kappa shape index (κ1) is 14.7. The molecule has 4 nitrogen and oxygen atoms in total. The van der Waals surface area contributed by atoms with Crippen LogP contribution in [0.3, 0.4) is 0 Å². The van der Waals surface area contributed by atoms with Crippen molar-refractivity contribution in [1.82, 2.24) is 4.98 Å². The number of para-hydroxylation sites is 2. The van der Waals surface area contributed by atoms with Crippen molar-refractivity contribution >= 4 is 23.3 Å². The number of halogens is 1. The van der Waals surface area contributed by atoms with Crippen LogP contribution in [0.5, 0.6) is 11.5 Å². The lowest BCUT2D eigenvalue weighted by Crippen LogP contribution is -2.25. The Morgan fingerprint density at radius 1 is 0.958 bits per heavy atom. The number of pyridine rings is 1. The normalized spacial score (nSPS) is 12.7.